The van der Waals surface area contributed by atoms with E-state index in [2.05, 4.69) is 31.3 Å². The molecule has 2 N–H and O–H groups in total. The highest BCUT2D eigenvalue weighted by molar-refractivity contribution is 7.12. The zero-order valence-electron chi connectivity index (χ0n) is 12.8. The molecule has 1 aromatic heterocycles. The maximum Gasteiger partial charge on any atom is 0.119 e. The smallest absolute Gasteiger partial charge is 0.119 e. The number of aliphatic hydroxyl groups excluding tert-OH is 1. The van der Waals surface area contributed by atoms with Crippen LogP contribution in [0.2, 0.25) is 0 Å². The molecule has 21 heavy (non-hydrogen) atoms. The van der Waals surface area contributed by atoms with E-state index in [1.807, 2.05) is 31.2 Å². The van der Waals surface area contributed by atoms with Crippen molar-refractivity contribution in [2.24, 2.45) is 0 Å². The molecule has 2 rings (SSSR count). The second kappa shape index (κ2) is 7.59. The summed E-state index contributed by atoms with van der Waals surface area (Å²) in [6.07, 6.45) is -0.519. The first-order valence-corrected chi connectivity index (χ1v) is 8.03. The molecule has 2 unspecified atom stereocenters. The van der Waals surface area contributed by atoms with Crippen molar-refractivity contribution in [1.29, 1.82) is 0 Å². The van der Waals surface area contributed by atoms with E-state index in [0.29, 0.717) is 13.2 Å². The van der Waals surface area contributed by atoms with E-state index < -0.39 is 6.10 Å². The highest BCUT2D eigenvalue weighted by Crippen LogP contribution is 2.22. The molecule has 0 aliphatic rings. The summed E-state index contributed by atoms with van der Waals surface area (Å²) in [5.41, 5.74) is 1.15. The first kappa shape index (κ1) is 16.0. The van der Waals surface area contributed by atoms with Crippen molar-refractivity contribution < 1.29 is 9.84 Å². The molecule has 1 heterocycles. The van der Waals surface area contributed by atoms with Crippen molar-refractivity contribution >= 4 is 11.3 Å². The third-order valence-corrected chi connectivity index (χ3v) is 4.46. The van der Waals surface area contributed by atoms with Crippen molar-refractivity contribution in [3.8, 4) is 5.75 Å². The van der Waals surface area contributed by atoms with Gasteiger partial charge in [0, 0.05) is 22.3 Å². The fourth-order valence-corrected chi connectivity index (χ4v) is 2.96. The highest BCUT2D eigenvalue weighted by atomic mass is 32.1. The Morgan fingerprint density at radius 1 is 1.24 bits per heavy atom. The summed E-state index contributed by atoms with van der Waals surface area (Å²) in [4.78, 5) is 2.60. The van der Waals surface area contributed by atoms with Crippen LogP contribution in [0.1, 0.15) is 28.3 Å². The molecule has 0 aliphatic carbocycles. The molecule has 1 aromatic carbocycles. The average Bonchev–Trinajstić information content (AvgIpc) is 2.89. The second-order valence-corrected chi connectivity index (χ2v) is 6.68. The zero-order valence-corrected chi connectivity index (χ0v) is 13.6. The Balaban J connectivity index is 1.73. The molecule has 4 heteroatoms. The minimum absolute atomic E-state index is 0.248. The first-order valence-electron chi connectivity index (χ1n) is 7.22. The Bertz CT molecular complexity index is 567. The van der Waals surface area contributed by atoms with Crippen LogP contribution in [0.3, 0.4) is 0 Å². The Kier molecular flexibility index (Phi) is 5.79. The predicted octanol–water partition coefficient (Wildman–Crippen LogP) is 3.46. The maximum atomic E-state index is 10.00. The third kappa shape index (κ3) is 5.16. The number of benzene rings is 1. The van der Waals surface area contributed by atoms with Crippen LogP contribution in [0, 0.1) is 13.8 Å². The SMILES string of the molecule is Cc1cccc(OCC(O)CNC(C)c2ccc(C)s2)c1. The standard InChI is InChI=1S/C17H23NO2S/c1-12-5-4-6-16(9-12)20-11-15(19)10-18-14(3)17-8-7-13(2)21-17/h4-9,14-15,18-19H,10-11H2,1-3H3. The van der Waals surface area contributed by atoms with Crippen LogP contribution in [-0.4, -0.2) is 24.4 Å². The average molecular weight is 305 g/mol. The van der Waals surface area contributed by atoms with Crippen LogP contribution in [0.5, 0.6) is 5.75 Å². The van der Waals surface area contributed by atoms with Crippen LogP contribution >= 0.6 is 11.3 Å². The normalized spacial score (nSPS) is 13.9. The second-order valence-electron chi connectivity index (χ2n) is 5.36. The lowest BCUT2D eigenvalue weighted by Gasteiger charge is -2.17. The van der Waals surface area contributed by atoms with Gasteiger partial charge in [0.1, 0.15) is 18.5 Å². The van der Waals surface area contributed by atoms with Crippen LogP contribution in [0.25, 0.3) is 0 Å². The molecular weight excluding hydrogens is 282 g/mol. The molecular formula is C17H23NO2S. The van der Waals surface area contributed by atoms with Gasteiger partial charge < -0.3 is 15.2 Å². The van der Waals surface area contributed by atoms with Gasteiger partial charge in [0.15, 0.2) is 0 Å². The summed E-state index contributed by atoms with van der Waals surface area (Å²) in [6.45, 7) is 7.05. The summed E-state index contributed by atoms with van der Waals surface area (Å²) in [5.74, 6) is 0.802. The lowest BCUT2D eigenvalue weighted by atomic mass is 10.2. The number of rotatable bonds is 7. The van der Waals surface area contributed by atoms with E-state index in [9.17, 15) is 5.11 Å². The van der Waals surface area contributed by atoms with Crippen molar-refractivity contribution in [3.63, 3.8) is 0 Å². The van der Waals surface area contributed by atoms with Crippen molar-refractivity contribution in [1.82, 2.24) is 5.32 Å². The first-order chi connectivity index (χ1) is 10.0. The van der Waals surface area contributed by atoms with Gasteiger partial charge in [-0.2, -0.15) is 0 Å². The van der Waals surface area contributed by atoms with Gasteiger partial charge in [0.05, 0.1) is 0 Å². The van der Waals surface area contributed by atoms with E-state index in [0.717, 1.165) is 11.3 Å². The highest BCUT2D eigenvalue weighted by Gasteiger charge is 2.11. The molecule has 0 radical (unpaired) electrons. The predicted molar refractivity (Wildman–Crippen MR) is 88.2 cm³/mol. The molecule has 114 valence electrons. The van der Waals surface area contributed by atoms with Crippen molar-refractivity contribution in [2.45, 2.75) is 32.9 Å². The molecule has 2 atom stereocenters. The molecule has 0 aliphatic heterocycles. The molecule has 0 bridgehead atoms. The summed E-state index contributed by atoms with van der Waals surface area (Å²) >= 11 is 1.78. The minimum atomic E-state index is -0.519. The van der Waals surface area contributed by atoms with Gasteiger partial charge in [0.2, 0.25) is 0 Å². The summed E-state index contributed by atoms with van der Waals surface area (Å²) in [5, 5.41) is 13.3. The lowest BCUT2D eigenvalue weighted by Crippen LogP contribution is -2.32. The Morgan fingerprint density at radius 2 is 2.05 bits per heavy atom. The minimum Gasteiger partial charge on any atom is -0.491 e. The largest absolute Gasteiger partial charge is 0.491 e. The Labute approximate surface area is 130 Å². The van der Waals surface area contributed by atoms with Gasteiger partial charge in [-0.05, 0) is 50.6 Å². The maximum absolute atomic E-state index is 10.00. The van der Waals surface area contributed by atoms with Crippen LogP contribution in [-0.2, 0) is 0 Å². The number of hydrogen-bond acceptors (Lipinski definition) is 4. The monoisotopic (exact) mass is 305 g/mol. The van der Waals surface area contributed by atoms with E-state index in [1.165, 1.54) is 9.75 Å². The number of aryl methyl sites for hydroxylation is 2. The molecule has 2 aromatic rings. The van der Waals surface area contributed by atoms with Gasteiger partial charge in [-0.25, -0.2) is 0 Å². The van der Waals surface area contributed by atoms with Gasteiger partial charge >= 0.3 is 0 Å². The molecule has 0 spiro atoms. The number of hydrogen-bond donors (Lipinski definition) is 2. The van der Waals surface area contributed by atoms with Crippen molar-refractivity contribution in [2.75, 3.05) is 13.2 Å². The number of ether oxygens (including phenoxy) is 1. The third-order valence-electron chi connectivity index (χ3n) is 3.28. The molecule has 3 nitrogen and oxygen atoms in total. The fraction of sp³-hybridized carbons (Fsp3) is 0.412. The number of aliphatic hydroxyl groups is 1. The molecule has 0 amide bonds. The molecule has 0 saturated heterocycles. The lowest BCUT2D eigenvalue weighted by molar-refractivity contribution is 0.104. The quantitative estimate of drug-likeness (QED) is 0.823. The number of thiophene rings is 1. The van der Waals surface area contributed by atoms with Gasteiger partial charge in [0.25, 0.3) is 0 Å². The van der Waals surface area contributed by atoms with E-state index in [4.69, 9.17) is 4.74 Å². The summed E-state index contributed by atoms with van der Waals surface area (Å²) in [7, 11) is 0. The van der Waals surface area contributed by atoms with Gasteiger partial charge in [-0.15, -0.1) is 11.3 Å². The topological polar surface area (TPSA) is 41.5 Å². The Hall–Kier alpha value is -1.36. The van der Waals surface area contributed by atoms with E-state index in [1.54, 1.807) is 11.3 Å². The number of nitrogens with one attached hydrogen (secondary N) is 1. The molecule has 0 saturated carbocycles. The summed E-state index contributed by atoms with van der Waals surface area (Å²) < 4.78 is 5.60. The van der Waals surface area contributed by atoms with Crippen LogP contribution in [0.4, 0.5) is 0 Å². The van der Waals surface area contributed by atoms with Crippen molar-refractivity contribution in [3.05, 3.63) is 51.7 Å². The van der Waals surface area contributed by atoms with Gasteiger partial charge in [-0.1, -0.05) is 12.1 Å². The Morgan fingerprint density at radius 3 is 2.71 bits per heavy atom. The zero-order chi connectivity index (χ0) is 15.2. The summed E-state index contributed by atoms with van der Waals surface area (Å²) in [6, 6.07) is 12.4. The fourth-order valence-electron chi connectivity index (χ4n) is 2.06. The van der Waals surface area contributed by atoms with Crippen LogP contribution in [0.15, 0.2) is 36.4 Å². The van der Waals surface area contributed by atoms with E-state index >= 15 is 0 Å². The van der Waals surface area contributed by atoms with E-state index in [-0.39, 0.29) is 6.04 Å². The van der Waals surface area contributed by atoms with Crippen LogP contribution < -0.4 is 10.1 Å². The van der Waals surface area contributed by atoms with Gasteiger partial charge in [-0.3, -0.25) is 0 Å². The molecule has 0 fully saturated rings.